The molecule has 0 atom stereocenters. The van der Waals surface area contributed by atoms with Crippen molar-refractivity contribution in [1.82, 2.24) is 0 Å². The second-order valence-electron chi connectivity index (χ2n) is 25.1. The number of hydrogen-bond donors (Lipinski definition) is 0. The van der Waals surface area contributed by atoms with Crippen molar-refractivity contribution < 1.29 is 0 Å². The van der Waals surface area contributed by atoms with Crippen LogP contribution in [0, 0.1) is 6.92 Å². The molecule has 3 heterocycles. The quantitative estimate of drug-likeness (QED) is 0.140. The molecule has 0 spiro atoms. The molecule has 2 aliphatic rings. The Morgan fingerprint density at radius 1 is 0.400 bits per heavy atom. The molecule has 0 N–H and O–H groups in total. The third kappa shape index (κ3) is 8.84. The Hall–Kier alpha value is -8.38. The monoisotopic (exact) mass is 1050 g/mol. The van der Waals surface area contributed by atoms with Gasteiger partial charge in [-0.1, -0.05) is 220 Å². The molecule has 0 amide bonds. The Bertz CT molecular complexity index is 4060. The summed E-state index contributed by atoms with van der Waals surface area (Å²) >= 11 is 1.97. The Morgan fingerprint density at radius 3 is 1.45 bits per heavy atom. The van der Waals surface area contributed by atoms with E-state index in [9.17, 15) is 0 Å². The van der Waals surface area contributed by atoms with Crippen molar-refractivity contribution in [3.8, 4) is 33.4 Å². The first-order chi connectivity index (χ1) is 38.5. The first-order valence-electron chi connectivity index (χ1n) is 28.4. The second kappa shape index (κ2) is 19.5. The topological polar surface area (TPSA) is 9.72 Å². The highest BCUT2D eigenvalue weighted by atomic mass is 32.1. The molecule has 0 fully saturated rings. The van der Waals surface area contributed by atoms with Crippen molar-refractivity contribution in [3.63, 3.8) is 0 Å². The van der Waals surface area contributed by atoms with Gasteiger partial charge in [-0.15, -0.1) is 11.3 Å². The van der Waals surface area contributed by atoms with Crippen LogP contribution < -0.4 is 30.4 Å². The molecule has 392 valence electrons. The third-order valence-corrected chi connectivity index (χ3v) is 17.8. The molecule has 0 aliphatic carbocycles. The summed E-state index contributed by atoms with van der Waals surface area (Å²) < 4.78 is 2.67. The predicted molar refractivity (Wildman–Crippen MR) is 348 cm³/mol. The average molecular weight is 1050 g/mol. The van der Waals surface area contributed by atoms with Gasteiger partial charge >= 0.3 is 0 Å². The molecular weight excluding hydrogens is 986 g/mol. The number of rotatable bonds is 8. The smallest absolute Gasteiger partial charge is 0.264 e. The minimum atomic E-state index is -0.0745. The first kappa shape index (κ1) is 51.1. The number of thiophene rings is 1. The lowest BCUT2D eigenvalue weighted by atomic mass is 9.36. The number of nitrogens with zero attached hydrogens (tertiary/aromatic N) is 3. The molecule has 11 aromatic rings. The maximum Gasteiger partial charge on any atom is 0.264 e. The van der Waals surface area contributed by atoms with Crippen LogP contribution in [-0.2, 0) is 16.2 Å². The van der Waals surface area contributed by atoms with Gasteiger partial charge in [-0.3, -0.25) is 0 Å². The highest BCUT2D eigenvalue weighted by Crippen LogP contribution is 2.53. The zero-order valence-electron chi connectivity index (χ0n) is 47.8. The lowest BCUT2D eigenvalue weighted by molar-refractivity contribution is 0.590. The molecule has 5 heteroatoms. The maximum absolute atomic E-state index is 2.64. The van der Waals surface area contributed by atoms with Crippen LogP contribution in [0.15, 0.2) is 231 Å². The Labute approximate surface area is 478 Å². The molecule has 13 rings (SSSR count). The minimum absolute atomic E-state index is 0.0146. The summed E-state index contributed by atoms with van der Waals surface area (Å²) in [6, 6.07) is 86.9. The van der Waals surface area contributed by atoms with Gasteiger partial charge in [-0.05, 0) is 146 Å². The Morgan fingerprint density at radius 2 is 0.887 bits per heavy atom. The highest BCUT2D eigenvalue weighted by molar-refractivity contribution is 7.33. The van der Waals surface area contributed by atoms with Gasteiger partial charge in [0, 0.05) is 60.0 Å². The van der Waals surface area contributed by atoms with Gasteiger partial charge in [0.1, 0.15) is 0 Å². The second-order valence-corrected chi connectivity index (χ2v) is 26.2. The van der Waals surface area contributed by atoms with Crippen LogP contribution in [0.1, 0.15) is 84.6 Å². The van der Waals surface area contributed by atoms with Crippen molar-refractivity contribution in [2.24, 2.45) is 0 Å². The van der Waals surface area contributed by atoms with E-state index in [1.165, 1.54) is 98.7 Å². The van der Waals surface area contributed by atoms with Crippen molar-refractivity contribution in [3.05, 3.63) is 253 Å². The summed E-state index contributed by atoms with van der Waals surface area (Å²) in [5.41, 5.74) is 25.2. The van der Waals surface area contributed by atoms with Crippen LogP contribution in [0.25, 0.3) is 43.5 Å². The molecule has 80 heavy (non-hydrogen) atoms. The van der Waals surface area contributed by atoms with Crippen LogP contribution in [0.5, 0.6) is 0 Å². The average Bonchev–Trinajstić information content (AvgIpc) is 4.05. The molecular formula is C75H68BN3S. The lowest BCUT2D eigenvalue weighted by Crippen LogP contribution is -2.60. The predicted octanol–water partition coefficient (Wildman–Crippen LogP) is 19.7. The fourth-order valence-electron chi connectivity index (χ4n) is 12.4. The maximum atomic E-state index is 2.64. The van der Waals surface area contributed by atoms with E-state index in [-0.39, 0.29) is 23.0 Å². The number of para-hydroxylation sites is 2. The van der Waals surface area contributed by atoms with Crippen LogP contribution in [-0.4, -0.2) is 6.71 Å². The molecule has 0 saturated heterocycles. The van der Waals surface area contributed by atoms with Crippen molar-refractivity contribution in [2.45, 2.75) is 85.5 Å². The van der Waals surface area contributed by atoms with Gasteiger partial charge in [-0.25, -0.2) is 0 Å². The Balaban J connectivity index is 1.15. The highest BCUT2D eigenvalue weighted by Gasteiger charge is 2.46. The number of aryl methyl sites for hydroxylation is 1. The standard InChI is InChI=1S/C75H68BN3S/c1-49-44-67-70-68(45-49)79(65-42-36-54(74(5,6)7)46-60(65)52-28-18-13-19-29-52)66-48-57(77(63-32-22-20-30-58(63)50-24-14-11-15-25-50)64-33-23-21-31-59(64)51-26-16-12-17-27-51)40-41-62(66)76(70)72-71(61-47-55(75(8,9)10)37-43-69(61)80-72)78(67)56-38-34-53(35-39-56)73(2,3)4/h11-48H,1-10H3. The summed E-state index contributed by atoms with van der Waals surface area (Å²) in [6.45, 7) is 23.1. The summed E-state index contributed by atoms with van der Waals surface area (Å²) in [6.07, 6.45) is 0. The van der Waals surface area contributed by atoms with Crippen LogP contribution in [0.2, 0.25) is 0 Å². The molecule has 0 radical (unpaired) electrons. The molecule has 2 aliphatic heterocycles. The van der Waals surface area contributed by atoms with Crippen molar-refractivity contribution in [1.29, 1.82) is 0 Å². The SMILES string of the molecule is Cc1cc2c3c(c1)N(c1ccc(C(C)(C)C)cc1)c1c(sc4ccc(C(C)(C)C)cc14)B3c1ccc(N(c3ccccc3-c3ccccc3)c3ccccc3-c3ccccc3)cc1N2c1ccc(C(C)(C)C)cc1-c1ccccc1. The molecule has 0 saturated carbocycles. The molecule has 3 nitrogen and oxygen atoms in total. The van der Waals surface area contributed by atoms with E-state index in [0.29, 0.717) is 0 Å². The molecule has 0 unspecified atom stereocenters. The molecule has 1 aromatic heterocycles. The van der Waals surface area contributed by atoms with E-state index >= 15 is 0 Å². The van der Waals surface area contributed by atoms with Gasteiger partial charge in [0.2, 0.25) is 0 Å². The van der Waals surface area contributed by atoms with Crippen LogP contribution in [0.4, 0.5) is 51.2 Å². The summed E-state index contributed by atoms with van der Waals surface area (Å²) in [5.74, 6) is 0. The fraction of sp³-hybridized carbons (Fsp3) is 0.173. The van der Waals surface area contributed by atoms with Gasteiger partial charge in [0.05, 0.1) is 22.7 Å². The lowest BCUT2D eigenvalue weighted by Gasteiger charge is -2.44. The third-order valence-electron chi connectivity index (χ3n) is 16.6. The zero-order valence-corrected chi connectivity index (χ0v) is 48.6. The van der Waals surface area contributed by atoms with E-state index in [2.05, 4.69) is 314 Å². The first-order valence-corrected chi connectivity index (χ1v) is 29.2. The van der Waals surface area contributed by atoms with E-state index in [4.69, 9.17) is 0 Å². The summed E-state index contributed by atoms with van der Waals surface area (Å²) in [5, 5.41) is 1.30. The fourth-order valence-corrected chi connectivity index (χ4v) is 13.7. The number of fused-ring (bicyclic) bond motifs is 6. The van der Waals surface area contributed by atoms with E-state index in [1.807, 2.05) is 11.3 Å². The molecule has 0 bridgehead atoms. The van der Waals surface area contributed by atoms with Crippen LogP contribution in [0.3, 0.4) is 0 Å². The van der Waals surface area contributed by atoms with Crippen molar-refractivity contribution >= 4 is 95.0 Å². The summed E-state index contributed by atoms with van der Waals surface area (Å²) in [4.78, 5) is 7.78. The van der Waals surface area contributed by atoms with E-state index in [0.717, 1.165) is 33.9 Å². The Kier molecular flexibility index (Phi) is 12.4. The van der Waals surface area contributed by atoms with Gasteiger partial charge in [0.15, 0.2) is 0 Å². The number of benzene rings is 10. The summed E-state index contributed by atoms with van der Waals surface area (Å²) in [7, 11) is 0. The van der Waals surface area contributed by atoms with E-state index < -0.39 is 0 Å². The number of anilines is 9. The van der Waals surface area contributed by atoms with Gasteiger partial charge in [0.25, 0.3) is 6.71 Å². The van der Waals surface area contributed by atoms with Crippen molar-refractivity contribution in [2.75, 3.05) is 14.7 Å². The van der Waals surface area contributed by atoms with Crippen LogP contribution >= 0.6 is 11.3 Å². The normalized spacial score (nSPS) is 13.1. The van der Waals surface area contributed by atoms with Gasteiger partial charge < -0.3 is 14.7 Å². The number of hydrogen-bond acceptors (Lipinski definition) is 4. The van der Waals surface area contributed by atoms with E-state index in [1.54, 1.807) is 0 Å². The van der Waals surface area contributed by atoms with Gasteiger partial charge in [-0.2, -0.15) is 0 Å². The molecule has 10 aromatic carbocycles. The zero-order chi connectivity index (χ0) is 55.2. The minimum Gasteiger partial charge on any atom is -0.311 e. The largest absolute Gasteiger partial charge is 0.311 e.